The van der Waals surface area contributed by atoms with Crippen molar-refractivity contribution in [1.82, 2.24) is 25.1 Å². The van der Waals surface area contributed by atoms with Crippen molar-refractivity contribution < 1.29 is 29.0 Å². The lowest BCUT2D eigenvalue weighted by molar-refractivity contribution is -0.146. The van der Waals surface area contributed by atoms with E-state index in [-0.39, 0.29) is 24.8 Å². The van der Waals surface area contributed by atoms with Crippen LogP contribution in [0.2, 0.25) is 0 Å². The first kappa shape index (κ1) is 37.4. The Balaban J connectivity index is 1.57. The van der Waals surface area contributed by atoms with Crippen molar-refractivity contribution in [3.63, 3.8) is 0 Å². The Bertz CT molecular complexity index is 1250. The fourth-order valence-electron chi connectivity index (χ4n) is 7.10. The first-order valence-corrected chi connectivity index (χ1v) is 17.9. The van der Waals surface area contributed by atoms with Gasteiger partial charge in [0.2, 0.25) is 5.91 Å². The molecule has 2 fully saturated rings. The minimum Gasteiger partial charge on any atom is -0.436 e. The van der Waals surface area contributed by atoms with Gasteiger partial charge >= 0.3 is 6.09 Å². The van der Waals surface area contributed by atoms with E-state index in [2.05, 4.69) is 29.1 Å². The molecule has 266 valence electrons. The van der Waals surface area contributed by atoms with Gasteiger partial charge in [-0.2, -0.15) is 0 Å². The van der Waals surface area contributed by atoms with Crippen LogP contribution in [-0.2, 0) is 31.9 Å². The van der Waals surface area contributed by atoms with E-state index in [9.17, 15) is 19.5 Å². The number of nitrogens with one attached hydrogen (secondary N) is 2. The third-order valence-corrected chi connectivity index (χ3v) is 9.97. The quantitative estimate of drug-likeness (QED) is 0.219. The van der Waals surface area contributed by atoms with E-state index in [0.717, 1.165) is 50.5 Å². The zero-order valence-electron chi connectivity index (χ0n) is 29.3. The predicted octanol–water partition coefficient (Wildman–Crippen LogP) is 4.89. The van der Waals surface area contributed by atoms with E-state index in [4.69, 9.17) is 9.47 Å². The van der Waals surface area contributed by atoms with E-state index >= 15 is 0 Å². The largest absolute Gasteiger partial charge is 0.436 e. The number of nitrogens with zero attached hydrogens (tertiary/aromatic N) is 3. The standard InChI is InChI=1S/C37H57N5O6/c1-26(2)17-18-33(43)31(20-27-12-7-5-8-13-27)40-35(44)32(22-29-23-38-25-39-29)41(3)36(45)34(21-28-14-9-6-10-15-28)48-37(46)42-19-11-16-30(42)24-47-4/h6,9-10,14-15,23,25-27,30-34,43H,5,7-8,11-13,16-22,24H2,1-4H3,(H,38,39)(H,40,44)/t30-,31-,32-,33-,34-/m0/s1. The summed E-state index contributed by atoms with van der Waals surface area (Å²) in [6, 6.07) is 7.92. The number of carbonyl (C=O) groups excluding carboxylic acids is 3. The molecule has 0 bridgehead atoms. The van der Waals surface area contributed by atoms with Crippen LogP contribution in [0, 0.1) is 11.8 Å². The molecule has 0 radical (unpaired) electrons. The second kappa shape index (κ2) is 18.9. The van der Waals surface area contributed by atoms with Gasteiger partial charge in [0.15, 0.2) is 6.10 Å². The van der Waals surface area contributed by atoms with Gasteiger partial charge < -0.3 is 34.7 Å². The Kier molecular flexibility index (Phi) is 14.7. The molecule has 11 nitrogen and oxygen atoms in total. The van der Waals surface area contributed by atoms with Gasteiger partial charge in [-0.25, -0.2) is 9.78 Å². The fraction of sp³-hybridized carbons (Fsp3) is 0.676. The van der Waals surface area contributed by atoms with Crippen LogP contribution in [0.25, 0.3) is 0 Å². The molecule has 2 aromatic rings. The maximum absolute atomic E-state index is 14.3. The number of likely N-dealkylation sites (N-methyl/N-ethyl adjacent to an activating group) is 1. The maximum atomic E-state index is 14.3. The molecule has 1 aromatic heterocycles. The predicted molar refractivity (Wildman–Crippen MR) is 184 cm³/mol. The fourth-order valence-corrected chi connectivity index (χ4v) is 7.10. The average Bonchev–Trinajstić information content (AvgIpc) is 3.78. The van der Waals surface area contributed by atoms with Crippen molar-refractivity contribution >= 4 is 17.9 Å². The van der Waals surface area contributed by atoms with Crippen LogP contribution in [0.5, 0.6) is 0 Å². The Labute approximate surface area is 286 Å². The smallest absolute Gasteiger partial charge is 0.410 e. The van der Waals surface area contributed by atoms with Crippen LogP contribution >= 0.6 is 0 Å². The molecule has 3 amide bonds. The number of rotatable bonds is 17. The highest BCUT2D eigenvalue weighted by Gasteiger charge is 2.38. The summed E-state index contributed by atoms with van der Waals surface area (Å²) in [5.74, 6) is 0.0258. The summed E-state index contributed by atoms with van der Waals surface area (Å²) in [7, 11) is 3.19. The molecule has 0 spiro atoms. The molecule has 0 unspecified atom stereocenters. The molecule has 1 aliphatic heterocycles. The number of hydrogen-bond acceptors (Lipinski definition) is 7. The topological polar surface area (TPSA) is 137 Å². The first-order chi connectivity index (χ1) is 23.2. The summed E-state index contributed by atoms with van der Waals surface area (Å²) in [6.07, 6.45) is 10.7. The lowest BCUT2D eigenvalue weighted by Gasteiger charge is -2.34. The first-order valence-electron chi connectivity index (χ1n) is 17.9. The van der Waals surface area contributed by atoms with Gasteiger partial charge in [0.25, 0.3) is 5.91 Å². The molecule has 1 aliphatic carbocycles. The van der Waals surface area contributed by atoms with Crippen LogP contribution < -0.4 is 5.32 Å². The van der Waals surface area contributed by atoms with E-state index in [1.54, 1.807) is 31.6 Å². The molecule has 2 aliphatic rings. The molecule has 4 rings (SSSR count). The summed E-state index contributed by atoms with van der Waals surface area (Å²) >= 11 is 0. The number of aliphatic hydroxyl groups is 1. The highest BCUT2D eigenvalue weighted by molar-refractivity contribution is 5.90. The summed E-state index contributed by atoms with van der Waals surface area (Å²) in [6.45, 7) is 5.17. The molecule has 1 aromatic carbocycles. The zero-order valence-corrected chi connectivity index (χ0v) is 29.3. The minimum atomic E-state index is -1.15. The van der Waals surface area contributed by atoms with Crippen LogP contribution in [0.4, 0.5) is 4.79 Å². The SMILES string of the molecule is COC[C@@H]1CCCN1C(=O)O[C@@H](Cc1ccccc1)C(=O)N(C)[C@@H](Cc1c[nH]cn1)C(=O)N[C@@H](CC1CCCCC1)[C@@H](O)CCC(C)C. The molecule has 1 saturated heterocycles. The van der Waals surface area contributed by atoms with Crippen molar-refractivity contribution in [2.24, 2.45) is 11.8 Å². The number of aromatic nitrogens is 2. The van der Waals surface area contributed by atoms with Gasteiger partial charge in [0.1, 0.15) is 6.04 Å². The number of amides is 3. The van der Waals surface area contributed by atoms with E-state index < -0.39 is 36.3 Å². The minimum absolute atomic E-state index is 0.117. The van der Waals surface area contributed by atoms with Gasteiger partial charge in [-0.05, 0) is 49.5 Å². The number of aliphatic hydroxyl groups excluding tert-OH is 1. The van der Waals surface area contributed by atoms with E-state index in [0.29, 0.717) is 43.5 Å². The summed E-state index contributed by atoms with van der Waals surface area (Å²) < 4.78 is 11.3. The Morgan fingerprint density at radius 3 is 2.48 bits per heavy atom. The Morgan fingerprint density at radius 2 is 1.81 bits per heavy atom. The molecule has 1 saturated carbocycles. The lowest BCUT2D eigenvalue weighted by atomic mass is 9.83. The number of aromatic amines is 1. The number of methoxy groups -OCH3 is 1. The zero-order chi connectivity index (χ0) is 34.5. The number of H-pyrrole nitrogens is 1. The molecule has 3 N–H and O–H groups in total. The van der Waals surface area contributed by atoms with E-state index in [1.165, 1.54) is 11.3 Å². The summed E-state index contributed by atoms with van der Waals surface area (Å²) in [5, 5.41) is 14.5. The number of imidazole rings is 1. The number of ether oxygens (including phenoxy) is 2. The lowest BCUT2D eigenvalue weighted by Crippen LogP contribution is -2.56. The number of benzene rings is 1. The van der Waals surface area contributed by atoms with Crippen LogP contribution in [0.3, 0.4) is 0 Å². The number of carbonyl (C=O) groups is 3. The van der Waals surface area contributed by atoms with Gasteiger partial charge in [-0.1, -0.05) is 76.3 Å². The molecular weight excluding hydrogens is 610 g/mol. The molecule has 2 heterocycles. The van der Waals surface area contributed by atoms with E-state index in [1.807, 2.05) is 30.3 Å². The Hall–Kier alpha value is -3.44. The van der Waals surface area contributed by atoms with Crippen molar-refractivity contribution in [3.05, 3.63) is 54.1 Å². The number of hydrogen-bond donors (Lipinski definition) is 3. The molecular formula is C37H57N5O6. The highest BCUT2D eigenvalue weighted by Crippen LogP contribution is 2.29. The second-order valence-electron chi connectivity index (χ2n) is 14.1. The second-order valence-corrected chi connectivity index (χ2v) is 14.1. The third kappa shape index (κ3) is 11.1. The van der Waals surface area contributed by atoms with Crippen molar-refractivity contribution in [2.75, 3.05) is 27.3 Å². The highest BCUT2D eigenvalue weighted by atomic mass is 16.6. The van der Waals surface area contributed by atoms with Crippen molar-refractivity contribution in [3.8, 4) is 0 Å². The van der Waals surface area contributed by atoms with Gasteiger partial charge in [0.05, 0.1) is 36.8 Å². The molecule has 48 heavy (non-hydrogen) atoms. The van der Waals surface area contributed by atoms with Crippen LogP contribution in [0.15, 0.2) is 42.9 Å². The van der Waals surface area contributed by atoms with Gasteiger partial charge in [-0.15, -0.1) is 0 Å². The van der Waals surface area contributed by atoms with Crippen LogP contribution in [-0.4, -0.2) is 100 Å². The maximum Gasteiger partial charge on any atom is 0.410 e. The van der Waals surface area contributed by atoms with Crippen molar-refractivity contribution in [2.45, 2.75) is 121 Å². The molecule has 11 heteroatoms. The molecule has 5 atom stereocenters. The average molecular weight is 668 g/mol. The monoisotopic (exact) mass is 667 g/mol. The summed E-state index contributed by atoms with van der Waals surface area (Å²) in [4.78, 5) is 52.4. The van der Waals surface area contributed by atoms with Gasteiger partial charge in [0, 0.05) is 39.7 Å². The van der Waals surface area contributed by atoms with Gasteiger partial charge in [-0.3, -0.25) is 9.59 Å². The van der Waals surface area contributed by atoms with Crippen LogP contribution in [0.1, 0.15) is 89.3 Å². The Morgan fingerprint density at radius 1 is 1.06 bits per heavy atom. The summed E-state index contributed by atoms with van der Waals surface area (Å²) in [5.41, 5.74) is 1.45. The van der Waals surface area contributed by atoms with Crippen molar-refractivity contribution in [1.29, 1.82) is 0 Å². The third-order valence-electron chi connectivity index (χ3n) is 9.97. The number of likely N-dealkylation sites (tertiary alicyclic amines) is 1. The normalized spacial score (nSPS) is 19.5.